The van der Waals surface area contributed by atoms with E-state index in [2.05, 4.69) is 16.3 Å². The van der Waals surface area contributed by atoms with Crippen molar-refractivity contribution in [2.75, 3.05) is 6.61 Å². The number of rotatable bonds is 2. The fraction of sp³-hybridized carbons (Fsp3) is 0.636. The summed E-state index contributed by atoms with van der Waals surface area (Å²) in [5.41, 5.74) is 0.569. The third-order valence-corrected chi connectivity index (χ3v) is 2.59. The zero-order valence-electron chi connectivity index (χ0n) is 9.03. The molecule has 1 aromatic heterocycles. The minimum Gasteiger partial charge on any atom is -0.386 e. The smallest absolute Gasteiger partial charge is 0.198 e. The molecular formula is C11H15N2O2. The summed E-state index contributed by atoms with van der Waals surface area (Å²) in [5.74, 6) is 0. The second-order valence-corrected chi connectivity index (χ2v) is 4.33. The SMILES string of the molecule is CC(C)(O)c1cn[c]nc1C1CCCO1. The summed E-state index contributed by atoms with van der Waals surface area (Å²) in [6, 6.07) is 0. The molecule has 2 heterocycles. The van der Waals surface area contributed by atoms with Crippen LogP contribution in [0.2, 0.25) is 0 Å². The van der Waals surface area contributed by atoms with Gasteiger partial charge in [0.05, 0.1) is 11.3 Å². The molecule has 0 bridgehead atoms. The van der Waals surface area contributed by atoms with Gasteiger partial charge in [0, 0.05) is 18.4 Å². The first kappa shape index (κ1) is 10.5. The molecule has 0 amide bonds. The molecule has 1 saturated heterocycles. The van der Waals surface area contributed by atoms with E-state index in [4.69, 9.17) is 4.74 Å². The summed E-state index contributed by atoms with van der Waals surface area (Å²) in [6.07, 6.45) is 6.16. The third-order valence-electron chi connectivity index (χ3n) is 2.59. The van der Waals surface area contributed by atoms with Crippen molar-refractivity contribution in [2.24, 2.45) is 0 Å². The number of hydrogen-bond donors (Lipinski definition) is 1. The number of nitrogens with zero attached hydrogens (tertiary/aromatic N) is 2. The summed E-state index contributed by atoms with van der Waals surface area (Å²) in [4.78, 5) is 7.94. The van der Waals surface area contributed by atoms with E-state index in [1.165, 1.54) is 0 Å². The van der Waals surface area contributed by atoms with Crippen molar-refractivity contribution in [2.45, 2.75) is 38.4 Å². The molecule has 1 atom stereocenters. The van der Waals surface area contributed by atoms with Crippen molar-refractivity contribution in [3.63, 3.8) is 0 Å². The highest BCUT2D eigenvalue weighted by molar-refractivity contribution is 5.24. The van der Waals surface area contributed by atoms with E-state index in [0.717, 1.165) is 30.7 Å². The molecule has 0 aliphatic carbocycles. The topological polar surface area (TPSA) is 55.2 Å². The lowest BCUT2D eigenvalue weighted by molar-refractivity contribution is 0.0656. The number of aromatic nitrogens is 2. The van der Waals surface area contributed by atoms with Crippen LogP contribution in [-0.4, -0.2) is 21.7 Å². The first-order valence-corrected chi connectivity index (χ1v) is 5.16. The molecule has 1 fully saturated rings. The van der Waals surface area contributed by atoms with Gasteiger partial charge in [0.15, 0.2) is 6.33 Å². The Morgan fingerprint density at radius 1 is 1.60 bits per heavy atom. The van der Waals surface area contributed by atoms with Gasteiger partial charge < -0.3 is 9.84 Å². The molecule has 1 aromatic rings. The van der Waals surface area contributed by atoms with Crippen LogP contribution in [0.15, 0.2) is 6.20 Å². The Kier molecular flexibility index (Phi) is 2.71. The molecular weight excluding hydrogens is 192 g/mol. The lowest BCUT2D eigenvalue weighted by Crippen LogP contribution is -2.21. The lowest BCUT2D eigenvalue weighted by Gasteiger charge is -2.22. The Morgan fingerprint density at radius 2 is 2.40 bits per heavy atom. The Bertz CT molecular complexity index is 341. The van der Waals surface area contributed by atoms with E-state index in [1.54, 1.807) is 20.0 Å². The van der Waals surface area contributed by atoms with Crippen molar-refractivity contribution in [1.82, 2.24) is 9.97 Å². The van der Waals surface area contributed by atoms with Crippen molar-refractivity contribution >= 4 is 0 Å². The largest absolute Gasteiger partial charge is 0.386 e. The fourth-order valence-corrected chi connectivity index (χ4v) is 1.81. The molecule has 1 aliphatic heterocycles. The molecule has 2 rings (SSSR count). The molecule has 1 unspecified atom stereocenters. The Morgan fingerprint density at radius 3 is 3.00 bits per heavy atom. The van der Waals surface area contributed by atoms with E-state index >= 15 is 0 Å². The summed E-state index contributed by atoms with van der Waals surface area (Å²) in [5, 5.41) is 9.98. The minimum absolute atomic E-state index is 0.00863. The van der Waals surface area contributed by atoms with Gasteiger partial charge in [-0.05, 0) is 26.7 Å². The fourth-order valence-electron chi connectivity index (χ4n) is 1.81. The summed E-state index contributed by atoms with van der Waals surface area (Å²) in [7, 11) is 0. The Hall–Kier alpha value is -1.00. The second kappa shape index (κ2) is 3.87. The molecule has 4 heteroatoms. The predicted octanol–water partition coefficient (Wildman–Crippen LogP) is 1.36. The third kappa shape index (κ3) is 2.16. The van der Waals surface area contributed by atoms with Gasteiger partial charge in [0.25, 0.3) is 0 Å². The zero-order valence-corrected chi connectivity index (χ0v) is 9.03. The molecule has 1 aliphatic rings. The van der Waals surface area contributed by atoms with Gasteiger partial charge in [0.1, 0.15) is 6.10 Å². The first-order chi connectivity index (χ1) is 7.09. The standard InChI is InChI=1S/C11H15N2O2/c1-11(2,14)8-6-12-7-13-10(8)9-4-3-5-15-9/h6,9,14H,3-5H2,1-2H3. The Labute approximate surface area is 89.3 Å². The van der Waals surface area contributed by atoms with E-state index in [-0.39, 0.29) is 6.10 Å². The number of ether oxygens (including phenoxy) is 1. The first-order valence-electron chi connectivity index (χ1n) is 5.16. The molecule has 4 nitrogen and oxygen atoms in total. The predicted molar refractivity (Wildman–Crippen MR) is 54.0 cm³/mol. The van der Waals surface area contributed by atoms with Gasteiger partial charge in [-0.2, -0.15) is 0 Å². The van der Waals surface area contributed by atoms with Crippen molar-refractivity contribution in [3.05, 3.63) is 23.8 Å². The van der Waals surface area contributed by atoms with Crippen LogP contribution in [0, 0.1) is 6.33 Å². The average molecular weight is 207 g/mol. The highest BCUT2D eigenvalue weighted by atomic mass is 16.5. The maximum absolute atomic E-state index is 9.98. The van der Waals surface area contributed by atoms with E-state index in [9.17, 15) is 5.11 Å². The van der Waals surface area contributed by atoms with Crippen LogP contribution in [0.25, 0.3) is 0 Å². The van der Waals surface area contributed by atoms with Gasteiger partial charge in [-0.3, -0.25) is 0 Å². The van der Waals surface area contributed by atoms with Gasteiger partial charge in [0.2, 0.25) is 0 Å². The summed E-state index contributed by atoms with van der Waals surface area (Å²) in [6.45, 7) is 4.22. The molecule has 1 N–H and O–H groups in total. The van der Waals surface area contributed by atoms with Crippen LogP contribution in [0.4, 0.5) is 0 Å². The molecule has 1 radical (unpaired) electrons. The Balaban J connectivity index is 2.37. The van der Waals surface area contributed by atoms with E-state index in [0.29, 0.717) is 0 Å². The van der Waals surface area contributed by atoms with Crippen LogP contribution in [-0.2, 0) is 10.3 Å². The van der Waals surface area contributed by atoms with Gasteiger partial charge in [-0.25, -0.2) is 9.97 Å². The minimum atomic E-state index is -0.934. The highest BCUT2D eigenvalue weighted by Crippen LogP contribution is 2.32. The lowest BCUT2D eigenvalue weighted by atomic mass is 9.95. The summed E-state index contributed by atoms with van der Waals surface area (Å²) < 4.78 is 5.55. The van der Waals surface area contributed by atoms with Crippen molar-refractivity contribution in [1.29, 1.82) is 0 Å². The van der Waals surface area contributed by atoms with Crippen LogP contribution < -0.4 is 0 Å². The van der Waals surface area contributed by atoms with Crippen LogP contribution >= 0.6 is 0 Å². The van der Waals surface area contributed by atoms with Gasteiger partial charge in [-0.1, -0.05) is 0 Å². The number of aliphatic hydroxyl groups is 1. The molecule has 0 saturated carbocycles. The van der Waals surface area contributed by atoms with Gasteiger partial charge >= 0.3 is 0 Å². The molecule has 0 aromatic carbocycles. The maximum Gasteiger partial charge on any atom is 0.198 e. The average Bonchev–Trinajstić information content (AvgIpc) is 2.69. The number of hydrogen-bond acceptors (Lipinski definition) is 4. The monoisotopic (exact) mass is 207 g/mol. The quantitative estimate of drug-likeness (QED) is 0.795. The van der Waals surface area contributed by atoms with Crippen molar-refractivity contribution in [3.8, 4) is 0 Å². The van der Waals surface area contributed by atoms with E-state index in [1.807, 2.05) is 0 Å². The zero-order chi connectivity index (χ0) is 10.9. The molecule has 15 heavy (non-hydrogen) atoms. The maximum atomic E-state index is 9.98. The molecule has 81 valence electrons. The van der Waals surface area contributed by atoms with Crippen LogP contribution in [0.3, 0.4) is 0 Å². The molecule has 0 spiro atoms. The van der Waals surface area contributed by atoms with Crippen molar-refractivity contribution < 1.29 is 9.84 Å². The highest BCUT2D eigenvalue weighted by Gasteiger charge is 2.28. The summed E-state index contributed by atoms with van der Waals surface area (Å²) >= 11 is 0. The van der Waals surface area contributed by atoms with Gasteiger partial charge in [-0.15, -0.1) is 0 Å². The van der Waals surface area contributed by atoms with E-state index < -0.39 is 5.60 Å². The van der Waals surface area contributed by atoms with Crippen LogP contribution in [0.5, 0.6) is 0 Å². The van der Waals surface area contributed by atoms with Crippen LogP contribution in [0.1, 0.15) is 44.1 Å². The normalized spacial score (nSPS) is 21.9. The second-order valence-electron chi connectivity index (χ2n) is 4.33.